The van der Waals surface area contributed by atoms with E-state index in [1.54, 1.807) is 0 Å². The summed E-state index contributed by atoms with van der Waals surface area (Å²) in [5.41, 5.74) is 0. The molecule has 0 bridgehead atoms. The number of esters is 2. The van der Waals surface area contributed by atoms with Crippen molar-refractivity contribution >= 4 is 22.1 Å². The van der Waals surface area contributed by atoms with Gasteiger partial charge in [0.15, 0.2) is 12.4 Å². The van der Waals surface area contributed by atoms with Crippen LogP contribution in [0.4, 0.5) is 0 Å². The monoisotopic (exact) mass is 696 g/mol. The van der Waals surface area contributed by atoms with E-state index in [4.69, 9.17) is 18.9 Å². The van der Waals surface area contributed by atoms with E-state index >= 15 is 0 Å². The molecule has 0 aromatic heterocycles. The lowest BCUT2D eigenvalue weighted by Gasteiger charge is -2.40. The second kappa shape index (κ2) is 26.5. The Hall–Kier alpha value is -1.35. The summed E-state index contributed by atoms with van der Waals surface area (Å²) in [6.07, 6.45) is 11.9. The minimum atomic E-state index is -4.59. The van der Waals surface area contributed by atoms with Gasteiger partial charge in [0.2, 0.25) is 0 Å². The fourth-order valence-corrected chi connectivity index (χ4v) is 6.25. The number of carbonyl (C=O) groups is 2. The lowest BCUT2D eigenvalue weighted by molar-refractivity contribution is -0.297. The summed E-state index contributed by atoms with van der Waals surface area (Å²) in [5.74, 6) is -1.98. The van der Waals surface area contributed by atoms with E-state index in [-0.39, 0.29) is 19.4 Å². The van der Waals surface area contributed by atoms with Gasteiger partial charge in [-0.15, -0.1) is 0 Å². The van der Waals surface area contributed by atoms with Crippen molar-refractivity contribution in [3.05, 3.63) is 0 Å². The van der Waals surface area contributed by atoms with E-state index in [2.05, 4.69) is 13.8 Å². The minimum Gasteiger partial charge on any atom is -0.462 e. The van der Waals surface area contributed by atoms with Gasteiger partial charge in [-0.2, -0.15) is 8.42 Å². The highest BCUT2D eigenvalue weighted by atomic mass is 32.2. The first-order valence-electron chi connectivity index (χ1n) is 18.1. The Labute approximate surface area is 283 Å². The van der Waals surface area contributed by atoms with Crippen molar-refractivity contribution in [1.29, 1.82) is 0 Å². The first-order valence-corrected chi connectivity index (χ1v) is 19.7. The standard InChI is InChI=1S/C34H64O12S/c1-3-5-7-9-11-13-15-17-19-21-23-30(36)45-27(24-43-29(35)22-20-18-16-14-12-10-8-6-4-2)25-44-34-33(39)32(38)31(37)28(46-34)26-47(40,41)42/h27-28,31-34,37-39H,3-26H2,1-2H3,(H,40,41,42)/t27-,28-,31-,32?,33?,34+/m1/s1. The molecule has 0 aliphatic carbocycles. The van der Waals surface area contributed by atoms with Crippen LogP contribution in [0.5, 0.6) is 0 Å². The number of rotatable bonds is 29. The second-order valence-corrected chi connectivity index (χ2v) is 14.4. The average Bonchev–Trinajstić information content (AvgIpc) is 3.02. The average molecular weight is 697 g/mol. The molecule has 1 aliphatic rings. The van der Waals surface area contributed by atoms with Crippen molar-refractivity contribution in [2.24, 2.45) is 0 Å². The number of carbonyl (C=O) groups excluding carboxylic acids is 2. The van der Waals surface area contributed by atoms with Gasteiger partial charge in [-0.05, 0) is 12.8 Å². The van der Waals surface area contributed by atoms with Crippen LogP contribution in [0.25, 0.3) is 0 Å². The Bertz CT molecular complexity index is 915. The van der Waals surface area contributed by atoms with Gasteiger partial charge in [-0.25, -0.2) is 0 Å². The van der Waals surface area contributed by atoms with E-state index < -0.39 is 71.2 Å². The molecule has 1 saturated heterocycles. The predicted octanol–water partition coefficient (Wildman–Crippen LogP) is 5.39. The lowest BCUT2D eigenvalue weighted by atomic mass is 10.00. The molecule has 0 saturated carbocycles. The molecule has 1 fully saturated rings. The number of hydrogen-bond acceptors (Lipinski definition) is 11. The van der Waals surface area contributed by atoms with Gasteiger partial charge in [0.05, 0.1) is 6.61 Å². The lowest BCUT2D eigenvalue weighted by Crippen LogP contribution is -2.60. The molecule has 0 radical (unpaired) electrons. The maximum absolute atomic E-state index is 12.6. The van der Waals surface area contributed by atoms with Crippen LogP contribution in [0.1, 0.15) is 149 Å². The number of hydrogen-bond donors (Lipinski definition) is 4. The number of unbranched alkanes of at least 4 members (excludes halogenated alkanes) is 17. The molecule has 2 unspecified atom stereocenters. The van der Waals surface area contributed by atoms with Crippen LogP contribution in [0.3, 0.4) is 0 Å². The fraction of sp³-hybridized carbons (Fsp3) is 0.941. The zero-order valence-corrected chi connectivity index (χ0v) is 29.7. The summed E-state index contributed by atoms with van der Waals surface area (Å²) in [4.78, 5) is 25.1. The van der Waals surface area contributed by atoms with E-state index in [1.165, 1.54) is 70.6 Å². The molecule has 0 spiro atoms. The zero-order valence-electron chi connectivity index (χ0n) is 28.9. The third kappa shape index (κ3) is 22.1. The molecule has 278 valence electrons. The van der Waals surface area contributed by atoms with Crippen molar-refractivity contribution in [2.75, 3.05) is 19.0 Å². The van der Waals surface area contributed by atoms with Gasteiger partial charge < -0.3 is 34.3 Å². The number of ether oxygens (including phenoxy) is 4. The van der Waals surface area contributed by atoms with Crippen LogP contribution >= 0.6 is 0 Å². The zero-order chi connectivity index (χ0) is 34.9. The van der Waals surface area contributed by atoms with Crippen LogP contribution in [-0.4, -0.2) is 96.0 Å². The molecule has 0 aromatic rings. The van der Waals surface area contributed by atoms with Gasteiger partial charge >= 0.3 is 11.9 Å². The highest BCUT2D eigenvalue weighted by molar-refractivity contribution is 7.85. The second-order valence-electron chi connectivity index (χ2n) is 12.9. The van der Waals surface area contributed by atoms with Crippen molar-refractivity contribution in [3.8, 4) is 0 Å². The van der Waals surface area contributed by atoms with Crippen LogP contribution < -0.4 is 0 Å². The van der Waals surface area contributed by atoms with Crippen LogP contribution in [-0.2, 0) is 38.7 Å². The third-order valence-corrected chi connectivity index (χ3v) is 9.19. The molecule has 0 aromatic carbocycles. The van der Waals surface area contributed by atoms with Gasteiger partial charge in [-0.1, -0.05) is 123 Å². The molecular formula is C34H64O12S. The summed E-state index contributed by atoms with van der Waals surface area (Å²) in [6, 6.07) is 0. The summed E-state index contributed by atoms with van der Waals surface area (Å²) in [7, 11) is -4.59. The van der Waals surface area contributed by atoms with Crippen molar-refractivity contribution in [2.45, 2.75) is 185 Å². The molecule has 1 aliphatic heterocycles. The van der Waals surface area contributed by atoms with Crippen molar-refractivity contribution in [3.63, 3.8) is 0 Å². The predicted molar refractivity (Wildman–Crippen MR) is 178 cm³/mol. The molecule has 12 nitrogen and oxygen atoms in total. The van der Waals surface area contributed by atoms with E-state index in [0.29, 0.717) is 12.8 Å². The Morgan fingerprint density at radius 1 is 0.638 bits per heavy atom. The summed E-state index contributed by atoms with van der Waals surface area (Å²) < 4.78 is 53.6. The third-order valence-electron chi connectivity index (χ3n) is 8.44. The van der Waals surface area contributed by atoms with E-state index in [9.17, 15) is 37.9 Å². The quantitative estimate of drug-likeness (QED) is 0.0445. The first-order chi connectivity index (χ1) is 22.5. The molecule has 1 rings (SSSR count). The largest absolute Gasteiger partial charge is 0.462 e. The first kappa shape index (κ1) is 43.7. The smallest absolute Gasteiger partial charge is 0.306 e. The van der Waals surface area contributed by atoms with Crippen LogP contribution in [0, 0.1) is 0 Å². The maximum Gasteiger partial charge on any atom is 0.306 e. The Kier molecular flexibility index (Phi) is 24.6. The molecule has 47 heavy (non-hydrogen) atoms. The van der Waals surface area contributed by atoms with Gasteiger partial charge in [-0.3, -0.25) is 14.1 Å². The Morgan fingerprint density at radius 3 is 1.55 bits per heavy atom. The highest BCUT2D eigenvalue weighted by Crippen LogP contribution is 2.24. The normalized spacial score (nSPS) is 22.2. The number of aliphatic hydroxyl groups is 3. The highest BCUT2D eigenvalue weighted by Gasteiger charge is 2.46. The SMILES string of the molecule is CCCCCCCCCCCCC(=O)O[C@H](COC(=O)CCCCCCCCCCC)CO[C@H]1O[C@H](CS(=O)(=O)O)[C@@H](O)C(O)C1O. The summed E-state index contributed by atoms with van der Waals surface area (Å²) >= 11 is 0. The summed E-state index contributed by atoms with van der Waals surface area (Å²) in [5, 5.41) is 30.6. The van der Waals surface area contributed by atoms with E-state index in [0.717, 1.165) is 38.5 Å². The molecule has 6 atom stereocenters. The van der Waals surface area contributed by atoms with Gasteiger partial charge in [0, 0.05) is 12.8 Å². The fourth-order valence-electron chi connectivity index (χ4n) is 5.56. The number of aliphatic hydroxyl groups excluding tert-OH is 3. The molecule has 1 heterocycles. The van der Waals surface area contributed by atoms with Crippen LogP contribution in [0.15, 0.2) is 0 Å². The Morgan fingerprint density at radius 2 is 1.09 bits per heavy atom. The van der Waals surface area contributed by atoms with E-state index in [1.807, 2.05) is 0 Å². The van der Waals surface area contributed by atoms with Gasteiger partial charge in [0.25, 0.3) is 10.1 Å². The summed E-state index contributed by atoms with van der Waals surface area (Å²) in [6.45, 7) is 3.68. The molecule has 4 N–H and O–H groups in total. The molecule has 0 amide bonds. The van der Waals surface area contributed by atoms with Crippen LogP contribution in [0.2, 0.25) is 0 Å². The molecular weight excluding hydrogens is 632 g/mol. The van der Waals surface area contributed by atoms with Crippen molar-refractivity contribution in [1.82, 2.24) is 0 Å². The van der Waals surface area contributed by atoms with Crippen molar-refractivity contribution < 1.29 is 56.8 Å². The van der Waals surface area contributed by atoms with Gasteiger partial charge in [0.1, 0.15) is 36.8 Å². The topological polar surface area (TPSA) is 186 Å². The Balaban J connectivity index is 2.57. The maximum atomic E-state index is 12.6. The molecule has 13 heteroatoms. The minimum absolute atomic E-state index is 0.170.